The van der Waals surface area contributed by atoms with E-state index in [1.165, 1.54) is 0 Å². The lowest BCUT2D eigenvalue weighted by molar-refractivity contribution is -0.154. The number of hydrogen-bond acceptors (Lipinski definition) is 3. The van der Waals surface area contributed by atoms with E-state index < -0.39 is 6.04 Å². The van der Waals surface area contributed by atoms with Gasteiger partial charge in [-0.05, 0) is 39.3 Å². The molecule has 2 amide bonds. The third kappa shape index (κ3) is 2.98. The molecular formula is C18H24N2O3. The predicted octanol–water partition coefficient (Wildman–Crippen LogP) is 2.21. The standard InChI is InChI=1S/C18H24N2O3/c1-13-11-19(18(2,3)12-23-13)17(22)15-9-10-16(21)20(15)14-7-5-4-6-8-14/h4-8,13,15H,9-12H2,1-3H3. The number of amides is 2. The van der Waals surface area contributed by atoms with Gasteiger partial charge in [0.25, 0.3) is 0 Å². The van der Waals surface area contributed by atoms with Gasteiger partial charge in [-0.1, -0.05) is 18.2 Å². The Kier molecular flexibility index (Phi) is 4.15. The minimum atomic E-state index is -0.408. The Labute approximate surface area is 137 Å². The fourth-order valence-electron chi connectivity index (χ4n) is 3.38. The highest BCUT2D eigenvalue weighted by Gasteiger charge is 2.44. The molecule has 0 saturated carbocycles. The van der Waals surface area contributed by atoms with Crippen molar-refractivity contribution >= 4 is 17.5 Å². The van der Waals surface area contributed by atoms with Crippen molar-refractivity contribution in [2.24, 2.45) is 0 Å². The zero-order valence-corrected chi connectivity index (χ0v) is 14.0. The zero-order valence-electron chi connectivity index (χ0n) is 14.0. The zero-order chi connectivity index (χ0) is 16.6. The summed E-state index contributed by atoms with van der Waals surface area (Å²) in [4.78, 5) is 29.1. The van der Waals surface area contributed by atoms with Crippen LogP contribution in [-0.4, -0.2) is 47.6 Å². The minimum absolute atomic E-state index is 0.0219. The molecule has 124 valence electrons. The van der Waals surface area contributed by atoms with Crippen molar-refractivity contribution in [1.29, 1.82) is 0 Å². The van der Waals surface area contributed by atoms with Crippen LogP contribution in [0.4, 0.5) is 5.69 Å². The van der Waals surface area contributed by atoms with Crippen LogP contribution >= 0.6 is 0 Å². The summed E-state index contributed by atoms with van der Waals surface area (Å²) in [6.07, 6.45) is 1.02. The van der Waals surface area contributed by atoms with Gasteiger partial charge in [0.05, 0.1) is 18.2 Å². The summed E-state index contributed by atoms with van der Waals surface area (Å²) in [5, 5.41) is 0. The van der Waals surface area contributed by atoms with Crippen LogP contribution in [0.25, 0.3) is 0 Å². The molecule has 5 heteroatoms. The lowest BCUT2D eigenvalue weighted by atomic mass is 9.99. The Hall–Kier alpha value is -1.88. The van der Waals surface area contributed by atoms with Gasteiger partial charge in [-0.25, -0.2) is 0 Å². The molecule has 2 aliphatic heterocycles. The molecule has 0 N–H and O–H groups in total. The summed E-state index contributed by atoms with van der Waals surface area (Å²) < 4.78 is 5.69. The van der Waals surface area contributed by atoms with Crippen molar-refractivity contribution in [1.82, 2.24) is 4.90 Å². The first kappa shape index (κ1) is 16.0. The van der Waals surface area contributed by atoms with E-state index in [2.05, 4.69) is 0 Å². The molecule has 2 heterocycles. The molecule has 2 unspecified atom stereocenters. The van der Waals surface area contributed by atoms with E-state index in [9.17, 15) is 9.59 Å². The van der Waals surface area contributed by atoms with Crippen LogP contribution in [0.3, 0.4) is 0 Å². The first-order valence-corrected chi connectivity index (χ1v) is 8.20. The van der Waals surface area contributed by atoms with Crippen LogP contribution in [0.2, 0.25) is 0 Å². The van der Waals surface area contributed by atoms with Gasteiger partial charge in [-0.15, -0.1) is 0 Å². The van der Waals surface area contributed by atoms with E-state index in [4.69, 9.17) is 4.74 Å². The van der Waals surface area contributed by atoms with Crippen LogP contribution in [0.1, 0.15) is 33.6 Å². The fourth-order valence-corrected chi connectivity index (χ4v) is 3.38. The number of ether oxygens (including phenoxy) is 1. The summed E-state index contributed by atoms with van der Waals surface area (Å²) in [6, 6.07) is 9.06. The molecule has 0 radical (unpaired) electrons. The van der Waals surface area contributed by atoms with Gasteiger partial charge in [0, 0.05) is 18.7 Å². The molecule has 5 nitrogen and oxygen atoms in total. The van der Waals surface area contributed by atoms with Gasteiger partial charge >= 0.3 is 0 Å². The quantitative estimate of drug-likeness (QED) is 0.840. The third-order valence-corrected chi connectivity index (χ3v) is 4.69. The van der Waals surface area contributed by atoms with Crippen molar-refractivity contribution in [3.05, 3.63) is 30.3 Å². The van der Waals surface area contributed by atoms with E-state index >= 15 is 0 Å². The van der Waals surface area contributed by atoms with Gasteiger partial charge in [-0.3, -0.25) is 14.5 Å². The molecule has 2 aliphatic rings. The summed E-state index contributed by atoms with van der Waals surface area (Å²) in [5.74, 6) is 0.0496. The highest BCUT2D eigenvalue weighted by atomic mass is 16.5. The summed E-state index contributed by atoms with van der Waals surface area (Å²) in [6.45, 7) is 7.09. The monoisotopic (exact) mass is 316 g/mol. The molecule has 2 saturated heterocycles. The summed E-state index contributed by atoms with van der Waals surface area (Å²) >= 11 is 0. The first-order chi connectivity index (χ1) is 10.9. The van der Waals surface area contributed by atoms with Crippen LogP contribution < -0.4 is 4.90 Å². The first-order valence-electron chi connectivity index (χ1n) is 8.20. The van der Waals surface area contributed by atoms with E-state index in [1.807, 2.05) is 56.0 Å². The number of carbonyl (C=O) groups excluding carboxylic acids is 2. The SMILES string of the molecule is CC1CN(C(=O)C2CCC(=O)N2c2ccccc2)C(C)(C)CO1. The lowest BCUT2D eigenvalue weighted by Gasteiger charge is -2.46. The maximum Gasteiger partial charge on any atom is 0.246 e. The highest BCUT2D eigenvalue weighted by Crippen LogP contribution is 2.31. The topological polar surface area (TPSA) is 49.9 Å². The number of carbonyl (C=O) groups is 2. The van der Waals surface area contributed by atoms with E-state index in [-0.39, 0.29) is 23.5 Å². The number of para-hydroxylation sites is 1. The van der Waals surface area contributed by atoms with Crippen LogP contribution in [0.15, 0.2) is 30.3 Å². The third-order valence-electron chi connectivity index (χ3n) is 4.69. The Morgan fingerprint density at radius 3 is 2.65 bits per heavy atom. The van der Waals surface area contributed by atoms with Gasteiger partial charge < -0.3 is 9.64 Å². The van der Waals surface area contributed by atoms with Crippen LogP contribution in [0, 0.1) is 0 Å². The van der Waals surface area contributed by atoms with Crippen molar-refractivity contribution < 1.29 is 14.3 Å². The summed E-state index contributed by atoms with van der Waals surface area (Å²) in [7, 11) is 0. The largest absolute Gasteiger partial charge is 0.374 e. The number of nitrogens with zero attached hydrogens (tertiary/aromatic N) is 2. The molecule has 1 aromatic carbocycles. The second-order valence-electron chi connectivity index (χ2n) is 7.04. The molecule has 0 aromatic heterocycles. The number of morpholine rings is 1. The minimum Gasteiger partial charge on any atom is -0.374 e. The number of anilines is 1. The van der Waals surface area contributed by atoms with Gasteiger partial charge in [-0.2, -0.15) is 0 Å². The molecule has 0 spiro atoms. The molecule has 23 heavy (non-hydrogen) atoms. The number of hydrogen-bond donors (Lipinski definition) is 0. The summed E-state index contributed by atoms with van der Waals surface area (Å²) in [5.41, 5.74) is 0.449. The van der Waals surface area contributed by atoms with Crippen LogP contribution in [0.5, 0.6) is 0 Å². The molecule has 2 atom stereocenters. The van der Waals surface area contributed by atoms with Gasteiger partial charge in [0.1, 0.15) is 6.04 Å². The molecule has 0 aliphatic carbocycles. The normalized spacial score (nSPS) is 27.3. The molecular weight excluding hydrogens is 292 g/mol. The highest BCUT2D eigenvalue weighted by molar-refractivity contribution is 6.03. The van der Waals surface area contributed by atoms with Gasteiger partial charge in [0.2, 0.25) is 11.8 Å². The molecule has 0 bridgehead atoms. The fraction of sp³-hybridized carbons (Fsp3) is 0.556. The lowest BCUT2D eigenvalue weighted by Crippen LogP contribution is -2.61. The van der Waals surface area contributed by atoms with E-state index in [1.54, 1.807) is 4.90 Å². The van der Waals surface area contributed by atoms with Crippen molar-refractivity contribution in [2.45, 2.75) is 51.3 Å². The molecule has 3 rings (SSSR count). The van der Waals surface area contributed by atoms with E-state index in [0.29, 0.717) is 26.0 Å². The Morgan fingerprint density at radius 2 is 1.96 bits per heavy atom. The van der Waals surface area contributed by atoms with E-state index in [0.717, 1.165) is 5.69 Å². The maximum atomic E-state index is 13.2. The molecule has 2 fully saturated rings. The number of rotatable bonds is 2. The van der Waals surface area contributed by atoms with Gasteiger partial charge in [0.15, 0.2) is 0 Å². The maximum absolute atomic E-state index is 13.2. The Morgan fingerprint density at radius 1 is 1.26 bits per heavy atom. The molecule has 1 aromatic rings. The van der Waals surface area contributed by atoms with Crippen LogP contribution in [-0.2, 0) is 14.3 Å². The van der Waals surface area contributed by atoms with Crippen molar-refractivity contribution in [3.63, 3.8) is 0 Å². The second-order valence-corrected chi connectivity index (χ2v) is 7.04. The van der Waals surface area contributed by atoms with Crippen molar-refractivity contribution in [3.8, 4) is 0 Å². The Balaban J connectivity index is 1.87. The van der Waals surface area contributed by atoms with Crippen molar-refractivity contribution in [2.75, 3.05) is 18.1 Å². The smallest absolute Gasteiger partial charge is 0.246 e. The second kappa shape index (κ2) is 5.96. The number of benzene rings is 1. The predicted molar refractivity (Wildman–Crippen MR) is 88.2 cm³/mol. The average Bonchev–Trinajstić information content (AvgIpc) is 2.91. The average molecular weight is 316 g/mol. The Bertz CT molecular complexity index is 600.